The Labute approximate surface area is 118 Å². The zero-order chi connectivity index (χ0) is 14.4. The maximum absolute atomic E-state index is 11.5. The highest BCUT2D eigenvalue weighted by molar-refractivity contribution is 5.92. The minimum absolute atomic E-state index is 0.271. The lowest BCUT2D eigenvalue weighted by molar-refractivity contribution is -0.138. The molecule has 0 radical (unpaired) electrons. The molecule has 0 saturated carbocycles. The molecular formula is C16H18N2O2. The Morgan fingerprint density at radius 2 is 2.10 bits per heavy atom. The Kier molecular flexibility index (Phi) is 4.71. The number of hydrogen-bond acceptors (Lipinski definition) is 3. The zero-order valence-electron chi connectivity index (χ0n) is 11.7. The molecule has 1 N–H and O–H groups in total. The quantitative estimate of drug-likeness (QED) is 0.671. The summed E-state index contributed by atoms with van der Waals surface area (Å²) in [5, 5.41) is 0. The van der Waals surface area contributed by atoms with E-state index in [1.54, 1.807) is 20.0 Å². The van der Waals surface area contributed by atoms with Crippen molar-refractivity contribution in [1.29, 1.82) is 0 Å². The Morgan fingerprint density at radius 3 is 2.70 bits per heavy atom. The summed E-state index contributed by atoms with van der Waals surface area (Å²) >= 11 is 0. The number of aromatic nitrogens is 2. The number of esters is 1. The van der Waals surface area contributed by atoms with E-state index in [0.717, 1.165) is 17.8 Å². The molecule has 4 nitrogen and oxygen atoms in total. The number of rotatable bonds is 5. The van der Waals surface area contributed by atoms with Crippen molar-refractivity contribution in [3.63, 3.8) is 0 Å². The van der Waals surface area contributed by atoms with Crippen LogP contribution in [0.4, 0.5) is 0 Å². The van der Waals surface area contributed by atoms with Gasteiger partial charge in [-0.2, -0.15) is 0 Å². The second-order valence-corrected chi connectivity index (χ2v) is 4.50. The smallest absolute Gasteiger partial charge is 0.333 e. The minimum atomic E-state index is -0.271. The molecule has 0 amide bonds. The monoisotopic (exact) mass is 270 g/mol. The molecule has 1 aromatic heterocycles. The van der Waals surface area contributed by atoms with Gasteiger partial charge in [-0.15, -0.1) is 0 Å². The third-order valence-electron chi connectivity index (χ3n) is 2.89. The molecule has 1 aromatic carbocycles. The van der Waals surface area contributed by atoms with Crippen molar-refractivity contribution in [1.82, 2.24) is 9.97 Å². The topological polar surface area (TPSA) is 55.0 Å². The van der Waals surface area contributed by atoms with Gasteiger partial charge in [0.2, 0.25) is 0 Å². The van der Waals surface area contributed by atoms with E-state index in [1.165, 1.54) is 5.56 Å². The summed E-state index contributed by atoms with van der Waals surface area (Å²) in [5.41, 5.74) is 2.76. The number of carbonyl (C=O) groups excluding carboxylic acids is 1. The maximum Gasteiger partial charge on any atom is 0.333 e. The number of H-pyrrole nitrogens is 1. The van der Waals surface area contributed by atoms with Crippen LogP contribution in [-0.4, -0.2) is 22.5 Å². The number of hydrogen-bond donors (Lipinski definition) is 1. The molecule has 4 heteroatoms. The summed E-state index contributed by atoms with van der Waals surface area (Å²) in [4.78, 5) is 18.8. The van der Waals surface area contributed by atoms with Gasteiger partial charge in [0.25, 0.3) is 0 Å². The molecule has 0 aliphatic heterocycles. The van der Waals surface area contributed by atoms with Gasteiger partial charge in [-0.1, -0.05) is 24.3 Å². The van der Waals surface area contributed by atoms with Crippen LogP contribution in [0.25, 0.3) is 6.08 Å². The van der Waals surface area contributed by atoms with E-state index in [2.05, 4.69) is 9.97 Å². The molecule has 0 unspecified atom stereocenters. The highest BCUT2D eigenvalue weighted by Gasteiger charge is 2.04. The number of aromatic amines is 1. The van der Waals surface area contributed by atoms with Gasteiger partial charge in [-0.05, 0) is 31.1 Å². The molecule has 0 aliphatic carbocycles. The minimum Gasteiger partial charge on any atom is -0.463 e. The third-order valence-corrected chi connectivity index (χ3v) is 2.89. The highest BCUT2D eigenvalue weighted by Crippen LogP contribution is 2.12. The van der Waals surface area contributed by atoms with Crippen LogP contribution in [-0.2, 0) is 16.0 Å². The normalized spacial score (nSPS) is 11.4. The van der Waals surface area contributed by atoms with Crippen molar-refractivity contribution in [2.45, 2.75) is 20.3 Å². The number of nitrogens with zero attached hydrogens (tertiary/aromatic N) is 1. The van der Waals surface area contributed by atoms with Gasteiger partial charge in [-0.3, -0.25) is 0 Å². The molecule has 0 aliphatic rings. The molecule has 0 fully saturated rings. The first-order valence-electron chi connectivity index (χ1n) is 6.61. The van der Waals surface area contributed by atoms with Crippen LogP contribution in [0, 0.1) is 0 Å². The van der Waals surface area contributed by atoms with E-state index in [1.807, 2.05) is 36.5 Å². The molecule has 2 aromatic rings. The van der Waals surface area contributed by atoms with Crippen molar-refractivity contribution in [2.75, 3.05) is 6.61 Å². The molecule has 20 heavy (non-hydrogen) atoms. The van der Waals surface area contributed by atoms with Crippen molar-refractivity contribution in [3.8, 4) is 0 Å². The molecule has 0 saturated heterocycles. The number of carbonyl (C=O) groups is 1. The average Bonchev–Trinajstić information content (AvgIpc) is 2.94. The first-order chi connectivity index (χ1) is 9.69. The summed E-state index contributed by atoms with van der Waals surface area (Å²) in [6.07, 6.45) is 6.16. The average molecular weight is 270 g/mol. The molecule has 0 spiro atoms. The molecular weight excluding hydrogens is 252 g/mol. The van der Waals surface area contributed by atoms with Crippen molar-refractivity contribution < 1.29 is 9.53 Å². The highest BCUT2D eigenvalue weighted by atomic mass is 16.5. The van der Waals surface area contributed by atoms with E-state index >= 15 is 0 Å². The lowest BCUT2D eigenvalue weighted by Gasteiger charge is -2.03. The van der Waals surface area contributed by atoms with Crippen LogP contribution in [0.1, 0.15) is 30.8 Å². The van der Waals surface area contributed by atoms with E-state index in [-0.39, 0.29) is 5.97 Å². The molecule has 104 valence electrons. The Balaban J connectivity index is 2.04. The second-order valence-electron chi connectivity index (χ2n) is 4.50. The molecule has 0 bridgehead atoms. The van der Waals surface area contributed by atoms with Crippen LogP contribution in [0.2, 0.25) is 0 Å². The van der Waals surface area contributed by atoms with Gasteiger partial charge in [0.1, 0.15) is 5.82 Å². The molecule has 1 heterocycles. The Hall–Kier alpha value is -2.36. The van der Waals surface area contributed by atoms with Crippen LogP contribution < -0.4 is 0 Å². The molecule has 0 atom stereocenters. The largest absolute Gasteiger partial charge is 0.463 e. The third kappa shape index (κ3) is 3.82. The van der Waals surface area contributed by atoms with Crippen LogP contribution in [0.15, 0.2) is 42.2 Å². The second kappa shape index (κ2) is 6.70. The van der Waals surface area contributed by atoms with Crippen molar-refractivity contribution in [2.24, 2.45) is 0 Å². The lowest BCUT2D eigenvalue weighted by atomic mass is 10.1. The Morgan fingerprint density at radius 1 is 1.35 bits per heavy atom. The van der Waals surface area contributed by atoms with Gasteiger partial charge < -0.3 is 9.72 Å². The summed E-state index contributed by atoms with van der Waals surface area (Å²) in [5.74, 6) is 0.670. The summed E-state index contributed by atoms with van der Waals surface area (Å²) in [6.45, 7) is 3.95. The number of ether oxygens (including phenoxy) is 1. The standard InChI is InChI=1S/C16H18N2O2/c1-3-20-16(19)12(2)10-13-4-6-14(7-5-13)11-15-17-8-9-18-15/h4-10H,3,11H2,1-2H3,(H,17,18). The first kappa shape index (κ1) is 14.1. The fourth-order valence-corrected chi connectivity index (χ4v) is 1.87. The fraction of sp³-hybridized carbons (Fsp3) is 0.250. The number of nitrogens with one attached hydrogen (secondary N) is 1. The zero-order valence-corrected chi connectivity index (χ0v) is 11.7. The number of imidazole rings is 1. The SMILES string of the molecule is CCOC(=O)C(C)=Cc1ccc(Cc2ncc[nH]2)cc1. The van der Waals surface area contributed by atoms with Gasteiger partial charge in [0, 0.05) is 24.4 Å². The van der Waals surface area contributed by atoms with E-state index in [9.17, 15) is 4.79 Å². The van der Waals surface area contributed by atoms with E-state index in [0.29, 0.717) is 12.2 Å². The summed E-state index contributed by atoms with van der Waals surface area (Å²) < 4.78 is 4.95. The van der Waals surface area contributed by atoms with Gasteiger partial charge >= 0.3 is 5.97 Å². The van der Waals surface area contributed by atoms with Crippen LogP contribution in [0.5, 0.6) is 0 Å². The molecule has 2 rings (SSSR count). The summed E-state index contributed by atoms with van der Waals surface area (Å²) in [6, 6.07) is 8.04. The lowest BCUT2D eigenvalue weighted by Crippen LogP contribution is -2.04. The Bertz CT molecular complexity index is 583. The van der Waals surface area contributed by atoms with Crippen LogP contribution in [0.3, 0.4) is 0 Å². The fourth-order valence-electron chi connectivity index (χ4n) is 1.87. The van der Waals surface area contributed by atoms with Crippen molar-refractivity contribution in [3.05, 3.63) is 59.2 Å². The van der Waals surface area contributed by atoms with Gasteiger partial charge in [-0.25, -0.2) is 9.78 Å². The van der Waals surface area contributed by atoms with Gasteiger partial charge in [0.05, 0.1) is 6.61 Å². The predicted molar refractivity (Wildman–Crippen MR) is 78.1 cm³/mol. The van der Waals surface area contributed by atoms with Crippen molar-refractivity contribution >= 4 is 12.0 Å². The van der Waals surface area contributed by atoms with Crippen LogP contribution >= 0.6 is 0 Å². The first-order valence-corrected chi connectivity index (χ1v) is 6.61. The maximum atomic E-state index is 11.5. The number of benzene rings is 1. The predicted octanol–water partition coefficient (Wildman–Crippen LogP) is 2.97. The van der Waals surface area contributed by atoms with Gasteiger partial charge in [0.15, 0.2) is 0 Å². The van der Waals surface area contributed by atoms with E-state index in [4.69, 9.17) is 4.74 Å². The summed E-state index contributed by atoms with van der Waals surface area (Å²) in [7, 11) is 0. The van der Waals surface area contributed by atoms with E-state index < -0.39 is 0 Å².